The predicted molar refractivity (Wildman–Crippen MR) is 62.7 cm³/mol. The number of aromatic nitrogens is 3. The molecule has 7 heteroatoms. The summed E-state index contributed by atoms with van der Waals surface area (Å²) in [5, 5.41) is 1.18. The van der Waals surface area contributed by atoms with Gasteiger partial charge in [-0.25, -0.2) is 14.8 Å². The largest absolute Gasteiger partial charge is 0.465 e. The van der Waals surface area contributed by atoms with E-state index in [-0.39, 0.29) is 0 Å². The van der Waals surface area contributed by atoms with Gasteiger partial charge >= 0.3 is 5.97 Å². The number of aromatic amines is 1. The Morgan fingerprint density at radius 1 is 1.47 bits per heavy atom. The topological polar surface area (TPSA) is 93.9 Å². The zero-order valence-corrected chi connectivity index (χ0v) is 9.82. The molecule has 0 amide bonds. The van der Waals surface area contributed by atoms with Gasteiger partial charge in [0.2, 0.25) is 0 Å². The second-order valence-corrected chi connectivity index (χ2v) is 4.04. The smallest absolute Gasteiger partial charge is 0.340 e. The van der Waals surface area contributed by atoms with Crippen molar-refractivity contribution in [2.45, 2.75) is 10.2 Å². The number of nitrogens with one attached hydrogen (secondary N) is 1. The molecule has 0 radical (unpaired) electrons. The first-order chi connectivity index (χ1) is 8.22. The average molecular weight is 250 g/mol. The minimum atomic E-state index is -0.480. The molecule has 0 unspecified atom stereocenters. The molecule has 0 aliphatic rings. The van der Waals surface area contributed by atoms with Crippen LogP contribution in [-0.4, -0.2) is 28.0 Å². The van der Waals surface area contributed by atoms with Crippen LogP contribution in [0.3, 0.4) is 0 Å². The van der Waals surface area contributed by atoms with E-state index < -0.39 is 5.97 Å². The van der Waals surface area contributed by atoms with Crippen LogP contribution < -0.4 is 5.73 Å². The molecule has 0 bridgehead atoms. The highest BCUT2D eigenvalue weighted by Crippen LogP contribution is 2.29. The van der Waals surface area contributed by atoms with Crippen molar-refractivity contribution in [2.24, 2.45) is 0 Å². The molecular weight excluding hydrogens is 240 g/mol. The number of rotatable bonds is 3. The molecule has 0 spiro atoms. The molecule has 2 heterocycles. The molecule has 6 nitrogen and oxygen atoms in total. The van der Waals surface area contributed by atoms with Gasteiger partial charge < -0.3 is 15.5 Å². The SMILES string of the molecule is COC(=O)c1ccnc(Sc2ncc[nH]2)c1N. The highest BCUT2D eigenvalue weighted by molar-refractivity contribution is 7.99. The Morgan fingerprint density at radius 3 is 2.94 bits per heavy atom. The number of methoxy groups -OCH3 is 1. The first-order valence-electron chi connectivity index (χ1n) is 4.72. The van der Waals surface area contributed by atoms with E-state index in [1.165, 1.54) is 31.1 Å². The summed E-state index contributed by atoms with van der Waals surface area (Å²) in [5.41, 5.74) is 6.45. The summed E-state index contributed by atoms with van der Waals surface area (Å²) in [5.74, 6) is -0.480. The van der Waals surface area contributed by atoms with E-state index in [2.05, 4.69) is 19.7 Å². The summed E-state index contributed by atoms with van der Waals surface area (Å²) in [7, 11) is 1.31. The number of hydrogen-bond acceptors (Lipinski definition) is 6. The molecule has 3 N–H and O–H groups in total. The maximum atomic E-state index is 11.4. The van der Waals surface area contributed by atoms with E-state index >= 15 is 0 Å². The number of pyridine rings is 1. The van der Waals surface area contributed by atoms with Crippen LogP contribution in [0.1, 0.15) is 10.4 Å². The van der Waals surface area contributed by atoms with Crippen LogP contribution in [0.15, 0.2) is 34.8 Å². The van der Waals surface area contributed by atoms with Crippen molar-refractivity contribution in [1.29, 1.82) is 0 Å². The van der Waals surface area contributed by atoms with Gasteiger partial charge in [-0.1, -0.05) is 0 Å². The van der Waals surface area contributed by atoms with Crippen LogP contribution >= 0.6 is 11.8 Å². The number of anilines is 1. The monoisotopic (exact) mass is 250 g/mol. The summed E-state index contributed by atoms with van der Waals surface area (Å²) >= 11 is 1.25. The molecule has 0 saturated heterocycles. The van der Waals surface area contributed by atoms with Gasteiger partial charge in [0.05, 0.1) is 18.4 Å². The summed E-state index contributed by atoms with van der Waals surface area (Å²) in [6.45, 7) is 0. The van der Waals surface area contributed by atoms with Crippen molar-refractivity contribution < 1.29 is 9.53 Å². The lowest BCUT2D eigenvalue weighted by molar-refractivity contribution is 0.0601. The Balaban J connectivity index is 2.32. The minimum Gasteiger partial charge on any atom is -0.465 e. The van der Waals surface area contributed by atoms with Gasteiger partial charge in [0.1, 0.15) is 5.03 Å². The van der Waals surface area contributed by atoms with Crippen LogP contribution in [0, 0.1) is 0 Å². The van der Waals surface area contributed by atoms with Crippen LogP contribution in [0.4, 0.5) is 5.69 Å². The van der Waals surface area contributed by atoms with Gasteiger partial charge in [-0.2, -0.15) is 0 Å². The van der Waals surface area contributed by atoms with Crippen molar-refractivity contribution in [3.8, 4) is 0 Å². The molecule has 0 fully saturated rings. The average Bonchev–Trinajstić information content (AvgIpc) is 2.84. The molecule has 0 aliphatic heterocycles. The van der Waals surface area contributed by atoms with Crippen molar-refractivity contribution in [2.75, 3.05) is 12.8 Å². The molecule has 17 heavy (non-hydrogen) atoms. The summed E-state index contributed by atoms with van der Waals surface area (Å²) in [4.78, 5) is 22.5. The van der Waals surface area contributed by atoms with E-state index in [1.807, 2.05) is 0 Å². The van der Waals surface area contributed by atoms with E-state index in [0.29, 0.717) is 21.4 Å². The Morgan fingerprint density at radius 2 is 2.29 bits per heavy atom. The first kappa shape index (κ1) is 11.5. The maximum Gasteiger partial charge on any atom is 0.340 e. The highest BCUT2D eigenvalue weighted by Gasteiger charge is 2.15. The van der Waals surface area contributed by atoms with Crippen LogP contribution in [-0.2, 0) is 4.74 Å². The molecule has 0 aromatic carbocycles. The third-order valence-corrected chi connectivity index (χ3v) is 2.96. The van der Waals surface area contributed by atoms with Gasteiger partial charge in [0, 0.05) is 18.6 Å². The molecule has 0 saturated carbocycles. The van der Waals surface area contributed by atoms with Gasteiger partial charge in [-0.05, 0) is 17.8 Å². The number of carbonyl (C=O) groups excluding carboxylic acids is 1. The number of nitrogen functional groups attached to an aromatic ring is 1. The second-order valence-electron chi connectivity index (χ2n) is 3.07. The Bertz CT molecular complexity index is 527. The quantitative estimate of drug-likeness (QED) is 0.798. The van der Waals surface area contributed by atoms with E-state index in [9.17, 15) is 4.79 Å². The zero-order valence-electron chi connectivity index (χ0n) is 9.01. The normalized spacial score (nSPS) is 10.2. The molecular formula is C10H10N4O2S. The van der Waals surface area contributed by atoms with E-state index in [4.69, 9.17) is 5.73 Å². The highest BCUT2D eigenvalue weighted by atomic mass is 32.2. The first-order valence-corrected chi connectivity index (χ1v) is 5.54. The summed E-state index contributed by atoms with van der Waals surface area (Å²) in [6, 6.07) is 1.52. The van der Waals surface area contributed by atoms with Crippen LogP contribution in [0.25, 0.3) is 0 Å². The number of imidazole rings is 1. The van der Waals surface area contributed by atoms with Crippen molar-refractivity contribution in [3.63, 3.8) is 0 Å². The molecule has 0 atom stereocenters. The summed E-state index contributed by atoms with van der Waals surface area (Å²) < 4.78 is 4.63. The Kier molecular flexibility index (Phi) is 3.29. The van der Waals surface area contributed by atoms with Gasteiger partial charge in [0.15, 0.2) is 5.16 Å². The van der Waals surface area contributed by atoms with E-state index in [0.717, 1.165) is 0 Å². The number of ether oxygens (including phenoxy) is 1. The number of carbonyl (C=O) groups is 1. The van der Waals surface area contributed by atoms with Crippen molar-refractivity contribution in [1.82, 2.24) is 15.0 Å². The van der Waals surface area contributed by atoms with Crippen molar-refractivity contribution in [3.05, 3.63) is 30.2 Å². The van der Waals surface area contributed by atoms with Gasteiger partial charge in [0.25, 0.3) is 0 Å². The number of hydrogen-bond donors (Lipinski definition) is 2. The second kappa shape index (κ2) is 4.88. The van der Waals surface area contributed by atoms with Crippen LogP contribution in [0.2, 0.25) is 0 Å². The Hall–Kier alpha value is -2.02. The summed E-state index contributed by atoms with van der Waals surface area (Å²) in [6.07, 6.45) is 4.83. The lowest BCUT2D eigenvalue weighted by Crippen LogP contribution is -2.07. The van der Waals surface area contributed by atoms with Gasteiger partial charge in [-0.3, -0.25) is 0 Å². The minimum absolute atomic E-state index is 0.292. The van der Waals surface area contributed by atoms with Crippen LogP contribution in [0.5, 0.6) is 0 Å². The lowest BCUT2D eigenvalue weighted by Gasteiger charge is -2.06. The van der Waals surface area contributed by atoms with E-state index in [1.54, 1.807) is 12.4 Å². The maximum absolute atomic E-state index is 11.4. The fourth-order valence-corrected chi connectivity index (χ4v) is 1.98. The third kappa shape index (κ3) is 2.39. The van der Waals surface area contributed by atoms with Gasteiger partial charge in [-0.15, -0.1) is 0 Å². The molecule has 88 valence electrons. The lowest BCUT2D eigenvalue weighted by atomic mass is 10.2. The molecule has 2 rings (SSSR count). The Labute approximate surface area is 102 Å². The number of H-pyrrole nitrogens is 1. The number of nitrogens with two attached hydrogens (primary N) is 1. The standard InChI is InChI=1S/C10H10N4O2S/c1-16-9(15)6-2-3-12-8(7(6)11)17-10-13-4-5-14-10/h2-5H,11H2,1H3,(H,13,14). The predicted octanol–water partition coefficient (Wildman–Crippen LogP) is 1.32. The number of nitrogens with zero attached hydrogens (tertiary/aromatic N) is 2. The fourth-order valence-electron chi connectivity index (χ4n) is 1.22. The molecule has 2 aromatic heterocycles. The molecule has 2 aromatic rings. The van der Waals surface area contributed by atoms with Crippen molar-refractivity contribution >= 4 is 23.4 Å². The number of esters is 1. The zero-order chi connectivity index (χ0) is 12.3. The third-order valence-electron chi connectivity index (χ3n) is 2.03. The fraction of sp³-hybridized carbons (Fsp3) is 0.100. The molecule has 0 aliphatic carbocycles.